The van der Waals surface area contributed by atoms with E-state index in [4.69, 9.17) is 0 Å². The summed E-state index contributed by atoms with van der Waals surface area (Å²) in [5, 5.41) is 3.68. The second-order valence-electron chi connectivity index (χ2n) is 4.75. The van der Waals surface area contributed by atoms with Crippen molar-refractivity contribution in [3.05, 3.63) is 40.4 Å². The predicted octanol–water partition coefficient (Wildman–Crippen LogP) is 4.00. The van der Waals surface area contributed by atoms with Gasteiger partial charge in [-0.2, -0.15) is 0 Å². The van der Waals surface area contributed by atoms with Gasteiger partial charge in [-0.15, -0.1) is 23.1 Å². The highest BCUT2D eigenvalue weighted by Gasteiger charge is 2.17. The minimum atomic E-state index is -0.0685. The highest BCUT2D eigenvalue weighted by molar-refractivity contribution is 7.98. The van der Waals surface area contributed by atoms with Crippen LogP contribution in [0.1, 0.15) is 33.8 Å². The van der Waals surface area contributed by atoms with E-state index in [-0.39, 0.29) is 5.91 Å². The lowest BCUT2D eigenvalue weighted by Gasteiger charge is -2.06. The van der Waals surface area contributed by atoms with Gasteiger partial charge < -0.3 is 0 Å². The smallest absolute Gasteiger partial charge is 0.258 e. The van der Waals surface area contributed by atoms with Gasteiger partial charge in [0, 0.05) is 9.77 Å². The average Bonchev–Trinajstić information content (AvgIpc) is 2.89. The number of thiazole rings is 1. The minimum Gasteiger partial charge on any atom is -0.298 e. The van der Waals surface area contributed by atoms with Crippen LogP contribution in [0.5, 0.6) is 0 Å². The van der Waals surface area contributed by atoms with Gasteiger partial charge in [0.1, 0.15) is 0 Å². The second kappa shape index (κ2) is 5.97. The van der Waals surface area contributed by atoms with E-state index in [0.29, 0.717) is 5.56 Å². The largest absolute Gasteiger partial charge is 0.298 e. The number of benzene rings is 1. The van der Waals surface area contributed by atoms with Crippen molar-refractivity contribution in [3.63, 3.8) is 0 Å². The van der Waals surface area contributed by atoms with Crippen LogP contribution in [0.3, 0.4) is 0 Å². The molecule has 104 valence electrons. The van der Waals surface area contributed by atoms with Crippen LogP contribution in [-0.4, -0.2) is 17.1 Å². The summed E-state index contributed by atoms with van der Waals surface area (Å²) in [5.41, 5.74) is 1.89. The Morgan fingerprint density at radius 1 is 1.30 bits per heavy atom. The second-order valence-corrected chi connectivity index (χ2v) is 6.68. The summed E-state index contributed by atoms with van der Waals surface area (Å²) in [5.74, 6) is -0.0685. The summed E-state index contributed by atoms with van der Waals surface area (Å²) in [7, 11) is 0. The summed E-state index contributed by atoms with van der Waals surface area (Å²) in [4.78, 5) is 19.2. The quantitative estimate of drug-likeness (QED) is 0.872. The first-order valence-electron chi connectivity index (χ1n) is 6.71. The normalized spacial score (nSPS) is 13.8. The number of nitrogens with zero attached hydrogens (tertiary/aromatic N) is 1. The molecule has 3 nitrogen and oxygen atoms in total. The maximum atomic E-state index is 12.3. The molecule has 0 aliphatic heterocycles. The van der Waals surface area contributed by atoms with Gasteiger partial charge in [-0.25, -0.2) is 4.98 Å². The van der Waals surface area contributed by atoms with E-state index >= 15 is 0 Å². The van der Waals surface area contributed by atoms with Gasteiger partial charge in [0.25, 0.3) is 5.91 Å². The molecule has 1 heterocycles. The van der Waals surface area contributed by atoms with Crippen molar-refractivity contribution in [2.45, 2.75) is 30.6 Å². The Balaban J connectivity index is 1.80. The SMILES string of the molecule is CSc1ccccc1C(=O)Nc1nc2c(s1)CCCC2. The Morgan fingerprint density at radius 2 is 2.10 bits per heavy atom. The number of aryl methyl sites for hydroxylation is 2. The van der Waals surface area contributed by atoms with Crippen molar-refractivity contribution in [3.8, 4) is 0 Å². The van der Waals surface area contributed by atoms with Crippen molar-refractivity contribution < 1.29 is 4.79 Å². The molecule has 0 spiro atoms. The number of anilines is 1. The molecule has 1 aliphatic carbocycles. The van der Waals surface area contributed by atoms with E-state index in [1.165, 1.54) is 23.4 Å². The molecule has 0 saturated carbocycles. The molecule has 20 heavy (non-hydrogen) atoms. The van der Waals surface area contributed by atoms with Gasteiger partial charge in [0.05, 0.1) is 11.3 Å². The van der Waals surface area contributed by atoms with Gasteiger partial charge in [0.15, 0.2) is 5.13 Å². The molecule has 0 atom stereocenters. The number of fused-ring (bicyclic) bond motifs is 1. The average molecular weight is 304 g/mol. The molecule has 1 aromatic carbocycles. The van der Waals surface area contributed by atoms with Gasteiger partial charge in [-0.05, 0) is 44.1 Å². The van der Waals surface area contributed by atoms with Crippen LogP contribution in [0, 0.1) is 0 Å². The summed E-state index contributed by atoms with van der Waals surface area (Å²) >= 11 is 3.21. The molecule has 5 heteroatoms. The lowest BCUT2D eigenvalue weighted by molar-refractivity contribution is 0.102. The van der Waals surface area contributed by atoms with Crippen molar-refractivity contribution in [2.75, 3.05) is 11.6 Å². The fourth-order valence-electron chi connectivity index (χ4n) is 2.40. The molecule has 0 fully saturated rings. The van der Waals surface area contributed by atoms with E-state index in [9.17, 15) is 4.79 Å². The van der Waals surface area contributed by atoms with Gasteiger partial charge in [-0.3, -0.25) is 10.1 Å². The fourth-order valence-corrected chi connectivity index (χ4v) is 4.04. The first-order valence-corrected chi connectivity index (χ1v) is 8.75. The Kier molecular flexibility index (Phi) is 4.08. The molecule has 2 aromatic rings. The van der Waals surface area contributed by atoms with Crippen LogP contribution in [0.25, 0.3) is 0 Å². The zero-order chi connectivity index (χ0) is 13.9. The molecule has 0 radical (unpaired) electrons. The molecule has 0 bridgehead atoms. The number of carbonyl (C=O) groups is 1. The molecule has 1 amide bonds. The number of thioether (sulfide) groups is 1. The number of carbonyl (C=O) groups excluding carboxylic acids is 1. The standard InChI is InChI=1S/C15H16N2OS2/c1-19-12-8-4-2-6-10(12)14(18)17-15-16-11-7-3-5-9-13(11)20-15/h2,4,6,8H,3,5,7,9H2,1H3,(H,16,17,18). The molecule has 1 aromatic heterocycles. The third-order valence-electron chi connectivity index (χ3n) is 3.42. The summed E-state index contributed by atoms with van der Waals surface area (Å²) in [6, 6.07) is 7.66. The molecular formula is C15H16N2OS2. The number of amides is 1. The Bertz CT molecular complexity index is 613. The predicted molar refractivity (Wildman–Crippen MR) is 84.9 cm³/mol. The molecule has 1 aliphatic rings. The monoisotopic (exact) mass is 304 g/mol. The van der Waals surface area contributed by atoms with Crippen molar-refractivity contribution in [2.24, 2.45) is 0 Å². The number of hydrogen-bond donors (Lipinski definition) is 1. The summed E-state index contributed by atoms with van der Waals surface area (Å²) < 4.78 is 0. The van der Waals surface area contributed by atoms with Crippen LogP contribution < -0.4 is 5.32 Å². The van der Waals surface area contributed by atoms with Crippen LogP contribution in [0.15, 0.2) is 29.2 Å². The zero-order valence-corrected chi connectivity index (χ0v) is 12.9. The Labute approximate surface area is 126 Å². The van der Waals surface area contributed by atoms with E-state index < -0.39 is 0 Å². The number of rotatable bonds is 3. The Hall–Kier alpha value is -1.33. The van der Waals surface area contributed by atoms with Crippen LogP contribution in [0.4, 0.5) is 5.13 Å². The first kappa shape index (κ1) is 13.6. The molecule has 1 N–H and O–H groups in total. The summed E-state index contributed by atoms with van der Waals surface area (Å²) in [6.07, 6.45) is 6.57. The van der Waals surface area contributed by atoms with Crippen LogP contribution in [-0.2, 0) is 12.8 Å². The molecule has 0 unspecified atom stereocenters. The van der Waals surface area contributed by atoms with Gasteiger partial charge >= 0.3 is 0 Å². The summed E-state index contributed by atoms with van der Waals surface area (Å²) in [6.45, 7) is 0. The van der Waals surface area contributed by atoms with Crippen molar-refractivity contribution in [1.82, 2.24) is 4.98 Å². The van der Waals surface area contributed by atoms with E-state index in [2.05, 4.69) is 10.3 Å². The number of aromatic nitrogens is 1. The minimum absolute atomic E-state index is 0.0685. The lowest BCUT2D eigenvalue weighted by atomic mass is 10.0. The van der Waals surface area contributed by atoms with Gasteiger partial charge in [0.2, 0.25) is 0 Å². The third kappa shape index (κ3) is 2.74. The maximum absolute atomic E-state index is 12.3. The lowest BCUT2D eigenvalue weighted by Crippen LogP contribution is -2.12. The number of hydrogen-bond acceptors (Lipinski definition) is 4. The first-order chi connectivity index (χ1) is 9.78. The Morgan fingerprint density at radius 3 is 2.90 bits per heavy atom. The highest BCUT2D eigenvalue weighted by atomic mass is 32.2. The van der Waals surface area contributed by atoms with Crippen molar-refractivity contribution >= 4 is 34.1 Å². The number of nitrogens with one attached hydrogen (secondary N) is 1. The molecule has 0 saturated heterocycles. The van der Waals surface area contributed by atoms with Gasteiger partial charge in [-0.1, -0.05) is 12.1 Å². The van der Waals surface area contributed by atoms with E-state index in [0.717, 1.165) is 22.9 Å². The molecule has 3 rings (SSSR count). The van der Waals surface area contributed by atoms with Crippen molar-refractivity contribution in [1.29, 1.82) is 0 Å². The zero-order valence-electron chi connectivity index (χ0n) is 11.3. The van der Waals surface area contributed by atoms with Crippen LogP contribution >= 0.6 is 23.1 Å². The highest BCUT2D eigenvalue weighted by Crippen LogP contribution is 2.30. The van der Waals surface area contributed by atoms with E-state index in [1.807, 2.05) is 30.5 Å². The van der Waals surface area contributed by atoms with Crippen LogP contribution in [0.2, 0.25) is 0 Å². The topological polar surface area (TPSA) is 42.0 Å². The van der Waals surface area contributed by atoms with E-state index in [1.54, 1.807) is 23.1 Å². The fraction of sp³-hybridized carbons (Fsp3) is 0.333. The third-order valence-corrected chi connectivity index (χ3v) is 5.29. The molecular weight excluding hydrogens is 288 g/mol. The maximum Gasteiger partial charge on any atom is 0.258 e.